The zero-order valence-electron chi connectivity index (χ0n) is 8.20. The number of hydrogen-bond acceptors (Lipinski definition) is 3. The van der Waals surface area contributed by atoms with Gasteiger partial charge in [-0.15, -0.1) is 0 Å². The first kappa shape index (κ1) is 11.0. The maximum atomic E-state index is 10.4. The van der Waals surface area contributed by atoms with E-state index in [1.165, 1.54) is 0 Å². The minimum absolute atomic E-state index is 0.485. The summed E-state index contributed by atoms with van der Waals surface area (Å²) in [6.07, 6.45) is 3.13. The van der Waals surface area contributed by atoms with Crippen molar-refractivity contribution < 1.29 is 9.90 Å². The van der Waals surface area contributed by atoms with Gasteiger partial charge in [0, 0.05) is 19.5 Å². The van der Waals surface area contributed by atoms with E-state index in [0.29, 0.717) is 12.3 Å². The molecule has 0 saturated carbocycles. The molecule has 1 rings (SSSR count). The molecule has 0 radical (unpaired) electrons. The number of nitrogens with zero attached hydrogens (tertiary/aromatic N) is 1. The third-order valence-corrected chi connectivity index (χ3v) is 2.48. The molecule has 1 atom stereocenters. The molecule has 1 heterocycles. The number of carboxylic acids is 1. The lowest BCUT2D eigenvalue weighted by Gasteiger charge is -2.17. The van der Waals surface area contributed by atoms with Crippen molar-refractivity contribution >= 4 is 11.8 Å². The first-order chi connectivity index (χ1) is 6.61. The molecule has 1 aliphatic heterocycles. The lowest BCUT2D eigenvalue weighted by atomic mass is 10.1. The van der Waals surface area contributed by atoms with Gasteiger partial charge in [-0.25, -0.2) is 0 Å². The quantitative estimate of drug-likeness (QED) is 0.592. The Balaban J connectivity index is 2.15. The van der Waals surface area contributed by atoms with Gasteiger partial charge in [-0.2, -0.15) is 0 Å². The zero-order valence-corrected chi connectivity index (χ0v) is 8.20. The Morgan fingerprint density at radius 2 is 2.43 bits per heavy atom. The molecule has 0 aliphatic carbocycles. The van der Waals surface area contributed by atoms with Crippen LogP contribution in [-0.4, -0.2) is 40.9 Å². The monoisotopic (exact) mass is 199 g/mol. The predicted octanol–water partition coefficient (Wildman–Crippen LogP) is 0.252. The van der Waals surface area contributed by atoms with Crippen LogP contribution in [0.25, 0.3) is 0 Å². The summed E-state index contributed by atoms with van der Waals surface area (Å²) in [5, 5.41) is 16.1. The molecule has 14 heavy (non-hydrogen) atoms. The van der Waals surface area contributed by atoms with Crippen LogP contribution in [-0.2, 0) is 4.79 Å². The van der Waals surface area contributed by atoms with Gasteiger partial charge in [0.05, 0.1) is 5.84 Å². The van der Waals surface area contributed by atoms with Gasteiger partial charge in [-0.05, 0) is 19.3 Å². The van der Waals surface area contributed by atoms with E-state index >= 15 is 0 Å². The summed E-state index contributed by atoms with van der Waals surface area (Å²) in [5.74, 6) is -0.268. The van der Waals surface area contributed by atoms with Gasteiger partial charge >= 0.3 is 5.97 Å². The highest BCUT2D eigenvalue weighted by Crippen LogP contribution is 2.11. The third-order valence-electron chi connectivity index (χ3n) is 2.48. The summed E-state index contributed by atoms with van der Waals surface area (Å²) in [5.41, 5.74) is 5.36. The topological polar surface area (TPSA) is 90.4 Å². The Labute approximate surface area is 83.4 Å². The lowest BCUT2D eigenvalue weighted by Crippen LogP contribution is -2.32. The number of hydrogen-bond donors (Lipinski definition) is 3. The van der Waals surface area contributed by atoms with Crippen LogP contribution < -0.4 is 5.73 Å². The van der Waals surface area contributed by atoms with Gasteiger partial charge in [-0.1, -0.05) is 0 Å². The number of aliphatic carboxylic acids is 1. The van der Waals surface area contributed by atoms with E-state index in [2.05, 4.69) is 0 Å². The second-order valence-electron chi connectivity index (χ2n) is 3.62. The maximum absolute atomic E-state index is 10.4. The van der Waals surface area contributed by atoms with Gasteiger partial charge in [0.1, 0.15) is 6.04 Å². The minimum Gasteiger partial charge on any atom is -0.480 e. The van der Waals surface area contributed by atoms with Crippen LogP contribution in [0.15, 0.2) is 0 Å². The Hall–Kier alpha value is -1.10. The fourth-order valence-corrected chi connectivity index (χ4v) is 1.60. The number of likely N-dealkylation sites (tertiary alicyclic amines) is 1. The van der Waals surface area contributed by atoms with Gasteiger partial charge in [-0.3, -0.25) is 10.2 Å². The minimum atomic E-state index is -0.943. The Bertz CT molecular complexity index is 230. The van der Waals surface area contributed by atoms with Crippen molar-refractivity contribution in [1.29, 1.82) is 5.41 Å². The Morgan fingerprint density at radius 1 is 1.71 bits per heavy atom. The number of carbonyl (C=O) groups is 1. The molecular formula is C9H17N3O2. The highest BCUT2D eigenvalue weighted by molar-refractivity contribution is 5.80. The molecule has 0 aromatic carbocycles. The molecule has 5 nitrogen and oxygen atoms in total. The highest BCUT2D eigenvalue weighted by Gasteiger charge is 2.17. The standard InChI is InChI=1S/C9H17N3O2/c10-7(9(13)14)3-1-5-12-6-2-4-8(12)11/h7,11H,1-6,10H2,(H,13,14)/t7-/m0/s1. The number of nitrogens with two attached hydrogens (primary N) is 1. The van der Waals surface area contributed by atoms with Crippen LogP contribution >= 0.6 is 0 Å². The normalized spacial score (nSPS) is 18.6. The fraction of sp³-hybridized carbons (Fsp3) is 0.778. The Kier molecular flexibility index (Phi) is 3.88. The average Bonchev–Trinajstić information content (AvgIpc) is 2.51. The van der Waals surface area contributed by atoms with E-state index in [-0.39, 0.29) is 0 Å². The number of amidine groups is 1. The summed E-state index contributed by atoms with van der Waals surface area (Å²) in [6, 6.07) is -0.758. The third kappa shape index (κ3) is 2.99. The molecule has 0 aromatic heterocycles. The van der Waals surface area contributed by atoms with Gasteiger partial charge in [0.25, 0.3) is 0 Å². The molecule has 5 heteroatoms. The van der Waals surface area contributed by atoms with Crippen LogP contribution in [0.3, 0.4) is 0 Å². The molecular weight excluding hydrogens is 182 g/mol. The number of rotatable bonds is 5. The van der Waals surface area contributed by atoms with E-state index in [9.17, 15) is 4.79 Å². The van der Waals surface area contributed by atoms with Gasteiger partial charge in [0.15, 0.2) is 0 Å². The summed E-state index contributed by atoms with van der Waals surface area (Å²) >= 11 is 0. The summed E-state index contributed by atoms with van der Waals surface area (Å²) in [7, 11) is 0. The second-order valence-corrected chi connectivity index (χ2v) is 3.62. The number of carboxylic acid groups (broad SMARTS) is 1. The Morgan fingerprint density at radius 3 is 2.93 bits per heavy atom. The predicted molar refractivity (Wildman–Crippen MR) is 53.4 cm³/mol. The van der Waals surface area contributed by atoms with Crippen molar-refractivity contribution in [2.75, 3.05) is 13.1 Å². The zero-order chi connectivity index (χ0) is 10.6. The average molecular weight is 199 g/mol. The molecule has 0 aromatic rings. The molecule has 0 unspecified atom stereocenters. The van der Waals surface area contributed by atoms with Crippen LogP contribution in [0.4, 0.5) is 0 Å². The fourth-order valence-electron chi connectivity index (χ4n) is 1.60. The molecule has 1 saturated heterocycles. The molecule has 80 valence electrons. The van der Waals surface area contributed by atoms with Crippen molar-refractivity contribution in [3.05, 3.63) is 0 Å². The van der Waals surface area contributed by atoms with E-state index in [1.54, 1.807) is 0 Å². The van der Waals surface area contributed by atoms with E-state index in [0.717, 1.165) is 32.4 Å². The van der Waals surface area contributed by atoms with Crippen molar-refractivity contribution in [1.82, 2.24) is 4.90 Å². The van der Waals surface area contributed by atoms with E-state index < -0.39 is 12.0 Å². The van der Waals surface area contributed by atoms with Crippen LogP contribution in [0.5, 0.6) is 0 Å². The molecule has 0 bridgehead atoms. The first-order valence-corrected chi connectivity index (χ1v) is 4.92. The molecule has 0 amide bonds. The van der Waals surface area contributed by atoms with Gasteiger partial charge < -0.3 is 15.7 Å². The molecule has 1 aliphatic rings. The molecule has 4 N–H and O–H groups in total. The van der Waals surface area contributed by atoms with Crippen molar-refractivity contribution in [2.24, 2.45) is 5.73 Å². The van der Waals surface area contributed by atoms with Crippen molar-refractivity contribution in [3.8, 4) is 0 Å². The van der Waals surface area contributed by atoms with Crippen LogP contribution in [0.2, 0.25) is 0 Å². The van der Waals surface area contributed by atoms with E-state index in [1.807, 2.05) is 4.90 Å². The van der Waals surface area contributed by atoms with E-state index in [4.69, 9.17) is 16.2 Å². The second kappa shape index (κ2) is 4.95. The first-order valence-electron chi connectivity index (χ1n) is 4.92. The largest absolute Gasteiger partial charge is 0.480 e. The maximum Gasteiger partial charge on any atom is 0.320 e. The highest BCUT2D eigenvalue weighted by atomic mass is 16.4. The van der Waals surface area contributed by atoms with Crippen molar-refractivity contribution in [3.63, 3.8) is 0 Å². The summed E-state index contributed by atoms with van der Waals surface area (Å²) < 4.78 is 0. The molecule has 1 fully saturated rings. The van der Waals surface area contributed by atoms with Crippen LogP contribution in [0, 0.1) is 5.41 Å². The summed E-state index contributed by atoms with van der Waals surface area (Å²) in [6.45, 7) is 1.70. The summed E-state index contributed by atoms with van der Waals surface area (Å²) in [4.78, 5) is 12.4. The van der Waals surface area contributed by atoms with Crippen LogP contribution in [0.1, 0.15) is 25.7 Å². The van der Waals surface area contributed by atoms with Gasteiger partial charge in [0.2, 0.25) is 0 Å². The smallest absolute Gasteiger partial charge is 0.320 e. The SMILES string of the molecule is N=C1CCCN1CCC[C@H](N)C(=O)O. The molecule has 0 spiro atoms. The van der Waals surface area contributed by atoms with Crippen molar-refractivity contribution in [2.45, 2.75) is 31.7 Å². The lowest BCUT2D eigenvalue weighted by molar-refractivity contribution is -0.138. The number of nitrogens with one attached hydrogen (secondary N) is 1.